The molecule has 1 nitrogen and oxygen atoms in total. The lowest BCUT2D eigenvalue weighted by Crippen LogP contribution is -2.25. The van der Waals surface area contributed by atoms with Gasteiger partial charge in [-0.2, -0.15) is 0 Å². The zero-order valence-electron chi connectivity index (χ0n) is 10.9. The van der Waals surface area contributed by atoms with Crippen molar-refractivity contribution in [1.29, 1.82) is 0 Å². The molecule has 1 heteroatoms. The number of terminal acetylenes is 1. The minimum absolute atomic E-state index is 0.388. The van der Waals surface area contributed by atoms with Gasteiger partial charge >= 0.3 is 0 Å². The normalized spacial score (nSPS) is 13.5. The zero-order chi connectivity index (χ0) is 11.7. The lowest BCUT2D eigenvalue weighted by molar-refractivity contribution is 0.181. The number of hydrogen-bond donors (Lipinski definition) is 1. The fraction of sp³-hybridized carbons (Fsp3) is 0.857. The second-order valence-electron chi connectivity index (χ2n) is 5.09. The van der Waals surface area contributed by atoms with Crippen LogP contribution in [-0.4, -0.2) is 13.6 Å². The van der Waals surface area contributed by atoms with E-state index >= 15 is 0 Å². The lowest BCUT2D eigenvalue weighted by atomic mass is 9.72. The minimum Gasteiger partial charge on any atom is -0.320 e. The smallest absolute Gasteiger partial charge is 0.0119 e. The molecular weight excluding hydrogens is 182 g/mol. The summed E-state index contributed by atoms with van der Waals surface area (Å²) >= 11 is 0. The second kappa shape index (κ2) is 7.77. The Morgan fingerprint density at radius 3 is 2.53 bits per heavy atom. The zero-order valence-corrected chi connectivity index (χ0v) is 10.9. The Labute approximate surface area is 96.0 Å². The molecule has 0 fully saturated rings. The standard InChI is InChI=1S/C14H27N/c1-6-9-13(10-7-2)14(3,4)11-8-12-15-5/h1,13,15H,7-12H2,2-5H3/t13-/m0/s1. The van der Waals surface area contributed by atoms with E-state index in [0.717, 1.165) is 13.0 Å². The van der Waals surface area contributed by atoms with Crippen LogP contribution in [0.3, 0.4) is 0 Å². The third-order valence-corrected chi connectivity index (χ3v) is 3.35. The van der Waals surface area contributed by atoms with Crippen LogP contribution in [0.2, 0.25) is 0 Å². The van der Waals surface area contributed by atoms with Crippen molar-refractivity contribution in [3.05, 3.63) is 0 Å². The number of rotatable bonds is 8. The SMILES string of the molecule is C#CC[C@@H](CCC)C(C)(C)CCCNC. The molecule has 0 radical (unpaired) electrons. The lowest BCUT2D eigenvalue weighted by Gasteiger charge is -2.33. The van der Waals surface area contributed by atoms with Gasteiger partial charge in [-0.3, -0.25) is 0 Å². The fourth-order valence-corrected chi connectivity index (χ4v) is 2.18. The van der Waals surface area contributed by atoms with E-state index in [-0.39, 0.29) is 0 Å². The van der Waals surface area contributed by atoms with Crippen molar-refractivity contribution in [3.63, 3.8) is 0 Å². The van der Waals surface area contributed by atoms with Gasteiger partial charge in [0.15, 0.2) is 0 Å². The third kappa shape index (κ3) is 5.85. The van der Waals surface area contributed by atoms with Gasteiger partial charge in [0.25, 0.3) is 0 Å². The van der Waals surface area contributed by atoms with Crippen molar-refractivity contribution < 1.29 is 0 Å². The Kier molecular flexibility index (Phi) is 7.52. The van der Waals surface area contributed by atoms with Crippen LogP contribution in [0.1, 0.15) is 52.9 Å². The Balaban J connectivity index is 4.16. The van der Waals surface area contributed by atoms with E-state index in [9.17, 15) is 0 Å². The van der Waals surface area contributed by atoms with Crippen LogP contribution in [0, 0.1) is 23.7 Å². The highest BCUT2D eigenvalue weighted by molar-refractivity contribution is 4.91. The monoisotopic (exact) mass is 209 g/mol. The first kappa shape index (κ1) is 14.5. The predicted molar refractivity (Wildman–Crippen MR) is 68.8 cm³/mol. The summed E-state index contributed by atoms with van der Waals surface area (Å²) < 4.78 is 0. The summed E-state index contributed by atoms with van der Waals surface area (Å²) in [6.07, 6.45) is 11.4. The number of nitrogens with one attached hydrogen (secondary N) is 1. The molecule has 0 aliphatic heterocycles. The molecule has 0 saturated heterocycles. The van der Waals surface area contributed by atoms with Crippen LogP contribution in [0.25, 0.3) is 0 Å². The summed E-state index contributed by atoms with van der Waals surface area (Å²) in [6, 6.07) is 0. The molecule has 1 atom stereocenters. The second-order valence-corrected chi connectivity index (χ2v) is 5.09. The van der Waals surface area contributed by atoms with Crippen LogP contribution in [-0.2, 0) is 0 Å². The van der Waals surface area contributed by atoms with E-state index in [2.05, 4.69) is 32.0 Å². The van der Waals surface area contributed by atoms with E-state index in [4.69, 9.17) is 6.42 Å². The maximum atomic E-state index is 5.45. The fourth-order valence-electron chi connectivity index (χ4n) is 2.18. The molecular formula is C14H27N. The summed E-state index contributed by atoms with van der Waals surface area (Å²) in [7, 11) is 2.01. The van der Waals surface area contributed by atoms with Crippen molar-refractivity contribution in [2.45, 2.75) is 52.9 Å². The van der Waals surface area contributed by atoms with Gasteiger partial charge in [-0.15, -0.1) is 12.3 Å². The topological polar surface area (TPSA) is 12.0 Å². The van der Waals surface area contributed by atoms with Crippen molar-refractivity contribution in [3.8, 4) is 12.3 Å². The highest BCUT2D eigenvalue weighted by atomic mass is 14.8. The van der Waals surface area contributed by atoms with Crippen LogP contribution in [0.4, 0.5) is 0 Å². The molecule has 88 valence electrons. The van der Waals surface area contributed by atoms with Crippen LogP contribution >= 0.6 is 0 Å². The molecule has 0 aliphatic rings. The Hall–Kier alpha value is -0.480. The maximum Gasteiger partial charge on any atom is 0.0119 e. The average molecular weight is 209 g/mol. The first-order valence-electron chi connectivity index (χ1n) is 6.16. The van der Waals surface area contributed by atoms with Crippen molar-refractivity contribution in [1.82, 2.24) is 5.32 Å². The van der Waals surface area contributed by atoms with Gasteiger partial charge in [-0.05, 0) is 44.2 Å². The van der Waals surface area contributed by atoms with E-state index in [1.807, 2.05) is 7.05 Å². The molecule has 0 spiro atoms. The van der Waals surface area contributed by atoms with Crippen molar-refractivity contribution in [2.75, 3.05) is 13.6 Å². The Bertz CT molecular complexity index is 188. The first-order chi connectivity index (χ1) is 7.08. The molecule has 0 rings (SSSR count). The molecule has 0 saturated carbocycles. The Morgan fingerprint density at radius 1 is 1.40 bits per heavy atom. The average Bonchev–Trinajstić information content (AvgIpc) is 2.18. The van der Waals surface area contributed by atoms with Gasteiger partial charge in [-0.25, -0.2) is 0 Å². The van der Waals surface area contributed by atoms with Gasteiger partial charge in [0.2, 0.25) is 0 Å². The molecule has 0 aromatic rings. The molecule has 15 heavy (non-hydrogen) atoms. The van der Waals surface area contributed by atoms with E-state index in [0.29, 0.717) is 11.3 Å². The summed E-state index contributed by atoms with van der Waals surface area (Å²) in [5.74, 6) is 3.52. The van der Waals surface area contributed by atoms with Crippen LogP contribution < -0.4 is 5.32 Å². The largest absolute Gasteiger partial charge is 0.320 e. The van der Waals surface area contributed by atoms with Crippen molar-refractivity contribution in [2.24, 2.45) is 11.3 Å². The van der Waals surface area contributed by atoms with Gasteiger partial charge in [0.05, 0.1) is 0 Å². The highest BCUT2D eigenvalue weighted by Gasteiger charge is 2.27. The highest BCUT2D eigenvalue weighted by Crippen LogP contribution is 2.36. The van der Waals surface area contributed by atoms with Crippen LogP contribution in [0.15, 0.2) is 0 Å². The Morgan fingerprint density at radius 2 is 2.07 bits per heavy atom. The molecule has 0 amide bonds. The van der Waals surface area contributed by atoms with Gasteiger partial charge in [0.1, 0.15) is 0 Å². The first-order valence-corrected chi connectivity index (χ1v) is 6.16. The molecule has 0 aromatic heterocycles. The molecule has 0 unspecified atom stereocenters. The van der Waals surface area contributed by atoms with E-state index in [1.54, 1.807) is 0 Å². The molecule has 0 aromatic carbocycles. The summed E-state index contributed by atoms with van der Waals surface area (Å²) in [5.41, 5.74) is 0.388. The summed E-state index contributed by atoms with van der Waals surface area (Å²) in [4.78, 5) is 0. The molecule has 1 N–H and O–H groups in total. The number of hydrogen-bond acceptors (Lipinski definition) is 1. The van der Waals surface area contributed by atoms with Gasteiger partial charge in [0, 0.05) is 6.42 Å². The van der Waals surface area contributed by atoms with Gasteiger partial charge < -0.3 is 5.32 Å². The van der Waals surface area contributed by atoms with Crippen LogP contribution in [0.5, 0.6) is 0 Å². The summed E-state index contributed by atoms with van der Waals surface area (Å²) in [5, 5.41) is 3.20. The molecule has 0 bridgehead atoms. The maximum absolute atomic E-state index is 5.45. The van der Waals surface area contributed by atoms with E-state index < -0.39 is 0 Å². The molecule has 0 heterocycles. The quantitative estimate of drug-likeness (QED) is 0.477. The third-order valence-electron chi connectivity index (χ3n) is 3.35. The predicted octanol–water partition coefficient (Wildman–Crippen LogP) is 3.45. The van der Waals surface area contributed by atoms with Crippen molar-refractivity contribution >= 4 is 0 Å². The molecule has 0 aliphatic carbocycles. The summed E-state index contributed by atoms with van der Waals surface area (Å²) in [6.45, 7) is 8.08. The minimum atomic E-state index is 0.388. The van der Waals surface area contributed by atoms with Gasteiger partial charge in [-0.1, -0.05) is 27.2 Å². The van der Waals surface area contributed by atoms with E-state index in [1.165, 1.54) is 25.7 Å².